The molecule has 1 aromatic carbocycles. The van der Waals surface area contributed by atoms with Crippen LogP contribution in [0.3, 0.4) is 0 Å². The second-order valence-corrected chi connectivity index (χ2v) is 12.8. The summed E-state index contributed by atoms with van der Waals surface area (Å²) < 4.78 is 38.4. The highest BCUT2D eigenvalue weighted by Crippen LogP contribution is 2.47. The number of ether oxygens (including phenoxy) is 1. The number of carbonyl (C=O) groups excluding carboxylic acids is 2. The Morgan fingerprint density at radius 2 is 1.76 bits per heavy atom. The van der Waals surface area contributed by atoms with Crippen LogP contribution in [0, 0.1) is 17.8 Å². The first-order chi connectivity index (χ1) is 17.9. The largest absolute Gasteiger partial charge is 0.445 e. The summed E-state index contributed by atoms with van der Waals surface area (Å²) in [7, 11) is -3.39. The van der Waals surface area contributed by atoms with Gasteiger partial charge in [0.25, 0.3) is 5.91 Å². The Balaban J connectivity index is 0.925. The van der Waals surface area contributed by atoms with E-state index in [0.29, 0.717) is 50.6 Å². The summed E-state index contributed by atoms with van der Waals surface area (Å²) in [5.74, 6) is 1.33. The van der Waals surface area contributed by atoms with E-state index >= 15 is 0 Å². The third-order valence-corrected chi connectivity index (χ3v) is 10.1. The lowest BCUT2D eigenvalue weighted by Gasteiger charge is -2.32. The van der Waals surface area contributed by atoms with E-state index in [4.69, 9.17) is 9.26 Å². The summed E-state index contributed by atoms with van der Waals surface area (Å²) in [5.41, 5.74) is 1.23. The van der Waals surface area contributed by atoms with Gasteiger partial charge in [0.1, 0.15) is 12.4 Å². The van der Waals surface area contributed by atoms with E-state index in [0.717, 1.165) is 24.2 Å². The number of nitrogens with one attached hydrogen (secondary N) is 1. The number of rotatable bonds is 8. The molecule has 2 saturated heterocycles. The zero-order valence-electron chi connectivity index (χ0n) is 20.6. The number of amides is 2. The van der Waals surface area contributed by atoms with Crippen LogP contribution in [0.1, 0.15) is 53.4 Å². The van der Waals surface area contributed by atoms with Crippen LogP contribution in [-0.2, 0) is 21.4 Å². The van der Waals surface area contributed by atoms with Crippen molar-refractivity contribution in [2.75, 3.05) is 31.9 Å². The minimum absolute atomic E-state index is 0.00911. The lowest BCUT2D eigenvalue weighted by atomic mass is 9.99. The molecular weight excluding hydrogens is 496 g/mol. The van der Waals surface area contributed by atoms with Crippen molar-refractivity contribution >= 4 is 22.0 Å². The number of nitrogens with zero attached hydrogens (tertiary/aromatic N) is 3. The lowest BCUT2D eigenvalue weighted by molar-refractivity contribution is 0.0838. The summed E-state index contributed by atoms with van der Waals surface area (Å²) >= 11 is 0. The molecule has 3 atom stereocenters. The Hall–Kier alpha value is -2.92. The van der Waals surface area contributed by atoms with Crippen LogP contribution < -0.4 is 5.32 Å². The Bertz CT molecular complexity index is 1240. The molecule has 2 saturated carbocycles. The molecule has 37 heavy (non-hydrogen) atoms. The Morgan fingerprint density at radius 1 is 1.05 bits per heavy atom. The molecule has 0 spiro atoms. The van der Waals surface area contributed by atoms with Crippen molar-refractivity contribution in [1.29, 1.82) is 0 Å². The molecule has 10 nitrogen and oxygen atoms in total. The maximum atomic E-state index is 13.1. The minimum Gasteiger partial charge on any atom is -0.445 e. The van der Waals surface area contributed by atoms with Crippen molar-refractivity contribution in [3.8, 4) is 0 Å². The van der Waals surface area contributed by atoms with Crippen LogP contribution in [0.2, 0.25) is 0 Å². The fourth-order valence-corrected chi connectivity index (χ4v) is 7.55. The fraction of sp³-hybridized carbons (Fsp3) is 0.577. The van der Waals surface area contributed by atoms with Gasteiger partial charge in [0.15, 0.2) is 5.69 Å². The molecule has 2 aliphatic carbocycles. The van der Waals surface area contributed by atoms with Gasteiger partial charge in [-0.15, -0.1) is 0 Å². The maximum Gasteiger partial charge on any atom is 0.410 e. The first-order valence-electron chi connectivity index (χ1n) is 13.1. The third-order valence-electron chi connectivity index (χ3n) is 8.12. The van der Waals surface area contributed by atoms with E-state index < -0.39 is 10.0 Å². The van der Waals surface area contributed by atoms with Gasteiger partial charge in [-0.3, -0.25) is 4.79 Å². The molecular formula is C26H32N4O6S. The molecule has 2 aromatic rings. The summed E-state index contributed by atoms with van der Waals surface area (Å²) in [4.78, 5) is 26.6. The van der Waals surface area contributed by atoms with Gasteiger partial charge in [0.05, 0.1) is 5.75 Å². The smallest absolute Gasteiger partial charge is 0.410 e. The molecule has 6 rings (SSSR count). The highest BCUT2D eigenvalue weighted by Gasteiger charge is 2.58. The number of carbonyl (C=O) groups is 2. The van der Waals surface area contributed by atoms with Crippen molar-refractivity contribution in [3.05, 3.63) is 53.4 Å². The Morgan fingerprint density at radius 3 is 2.43 bits per heavy atom. The molecule has 198 valence electrons. The van der Waals surface area contributed by atoms with Gasteiger partial charge < -0.3 is 19.5 Å². The Labute approximate surface area is 216 Å². The number of piperidine rings is 2. The topological polar surface area (TPSA) is 122 Å². The van der Waals surface area contributed by atoms with Gasteiger partial charge in [-0.1, -0.05) is 35.5 Å². The van der Waals surface area contributed by atoms with E-state index in [-0.39, 0.29) is 48.2 Å². The van der Waals surface area contributed by atoms with Crippen LogP contribution in [0.15, 0.2) is 40.9 Å². The Kier molecular flexibility index (Phi) is 6.44. The van der Waals surface area contributed by atoms with Crippen molar-refractivity contribution in [2.45, 2.75) is 44.2 Å². The number of sulfonamides is 1. The molecule has 1 N–H and O–H groups in total. The van der Waals surface area contributed by atoms with Gasteiger partial charge in [-0.05, 0) is 49.0 Å². The molecule has 1 unspecified atom stereocenters. The van der Waals surface area contributed by atoms with Gasteiger partial charge in [0, 0.05) is 44.2 Å². The molecule has 11 heteroatoms. The van der Waals surface area contributed by atoms with E-state index in [1.807, 2.05) is 30.3 Å². The highest BCUT2D eigenvalue weighted by atomic mass is 32.2. The minimum atomic E-state index is -3.39. The molecule has 1 aromatic heterocycles. The van der Waals surface area contributed by atoms with Crippen molar-refractivity contribution in [2.24, 2.45) is 17.8 Å². The number of benzene rings is 1. The number of hydrogen-bond acceptors (Lipinski definition) is 7. The van der Waals surface area contributed by atoms with E-state index in [1.54, 1.807) is 15.3 Å². The summed E-state index contributed by atoms with van der Waals surface area (Å²) in [5, 5.41) is 6.89. The van der Waals surface area contributed by atoms with Gasteiger partial charge in [-0.25, -0.2) is 17.5 Å². The number of hydrogen-bond donors (Lipinski definition) is 1. The van der Waals surface area contributed by atoms with E-state index in [9.17, 15) is 18.0 Å². The van der Waals surface area contributed by atoms with Gasteiger partial charge >= 0.3 is 6.09 Å². The van der Waals surface area contributed by atoms with Gasteiger partial charge in [0.2, 0.25) is 10.0 Å². The maximum absolute atomic E-state index is 13.1. The second-order valence-electron chi connectivity index (χ2n) is 10.8. The predicted molar refractivity (Wildman–Crippen MR) is 133 cm³/mol. The van der Waals surface area contributed by atoms with Crippen molar-refractivity contribution in [3.63, 3.8) is 0 Å². The van der Waals surface area contributed by atoms with Crippen molar-refractivity contribution in [1.82, 2.24) is 19.7 Å². The molecule has 4 aliphatic rings. The summed E-state index contributed by atoms with van der Waals surface area (Å²) in [6.07, 6.45) is 3.08. The van der Waals surface area contributed by atoms with Gasteiger partial charge in [-0.2, -0.15) is 0 Å². The van der Waals surface area contributed by atoms with E-state index in [1.165, 1.54) is 0 Å². The average Bonchev–Trinajstić information content (AvgIpc) is 3.73. The van der Waals surface area contributed by atoms with Crippen LogP contribution in [-0.4, -0.2) is 72.8 Å². The number of aromatic nitrogens is 1. The highest BCUT2D eigenvalue weighted by molar-refractivity contribution is 7.89. The first-order valence-corrected chi connectivity index (χ1v) is 14.7. The van der Waals surface area contributed by atoms with Crippen LogP contribution in [0.4, 0.5) is 4.79 Å². The monoisotopic (exact) mass is 528 g/mol. The second kappa shape index (κ2) is 9.75. The zero-order chi connectivity index (χ0) is 25.6. The fourth-order valence-electron chi connectivity index (χ4n) is 5.61. The zero-order valence-corrected chi connectivity index (χ0v) is 21.4. The molecule has 0 radical (unpaired) electrons. The van der Waals surface area contributed by atoms with Crippen LogP contribution in [0.5, 0.6) is 0 Å². The van der Waals surface area contributed by atoms with Crippen LogP contribution >= 0.6 is 0 Å². The average molecular weight is 529 g/mol. The SMILES string of the molecule is O=C(NC1[C@H]2CN(S(=O)(=O)CC3CCN(C(=O)OCc4ccccc4)CC3)C[C@@H]12)c1cc(C2CC2)on1. The first kappa shape index (κ1) is 24.4. The number of likely N-dealkylation sites (tertiary alicyclic amines) is 1. The molecule has 0 bridgehead atoms. The quantitative estimate of drug-likeness (QED) is 0.559. The van der Waals surface area contributed by atoms with Crippen molar-refractivity contribution < 1.29 is 27.3 Å². The van der Waals surface area contributed by atoms with Crippen LogP contribution in [0.25, 0.3) is 0 Å². The number of fused-ring (bicyclic) bond motifs is 1. The van der Waals surface area contributed by atoms with E-state index in [2.05, 4.69) is 10.5 Å². The standard InChI is InChI=1S/C26H32N4O6S/c31-25(22-12-23(36-28-22)19-6-7-19)27-24-20-13-30(14-21(20)24)37(33,34)16-18-8-10-29(11-9-18)26(32)35-15-17-4-2-1-3-5-17/h1-5,12,18-21,24H,6-11,13-16H2,(H,27,31)/t20-,21+,24?. The molecule has 2 aliphatic heterocycles. The normalized spacial score (nSPS) is 26.1. The molecule has 2 amide bonds. The summed E-state index contributed by atoms with van der Waals surface area (Å²) in [6, 6.07) is 11.2. The molecule has 4 fully saturated rings. The predicted octanol–water partition coefficient (Wildman–Crippen LogP) is 2.59. The molecule has 3 heterocycles. The third kappa shape index (κ3) is 5.38. The lowest BCUT2D eigenvalue weighted by Crippen LogP contribution is -2.43. The summed E-state index contributed by atoms with van der Waals surface area (Å²) in [6.45, 7) is 2.10.